The Morgan fingerprint density at radius 2 is 2.05 bits per heavy atom. The van der Waals surface area contributed by atoms with Gasteiger partial charge in [0.15, 0.2) is 5.69 Å². The predicted molar refractivity (Wildman–Crippen MR) is 79.2 cm³/mol. The molecule has 0 atom stereocenters. The molecular formula is C16H20N2O3. The minimum absolute atomic E-state index is 0.229. The second kappa shape index (κ2) is 6.92. The molecular weight excluding hydrogens is 268 g/mol. The Balaban J connectivity index is 2.05. The number of benzene rings is 1. The third-order valence-electron chi connectivity index (χ3n) is 3.00. The van der Waals surface area contributed by atoms with Crippen LogP contribution >= 0.6 is 0 Å². The molecule has 21 heavy (non-hydrogen) atoms. The van der Waals surface area contributed by atoms with Gasteiger partial charge in [-0.05, 0) is 25.0 Å². The Kier molecular flexibility index (Phi) is 4.98. The van der Waals surface area contributed by atoms with Crippen LogP contribution in [0.2, 0.25) is 0 Å². The van der Waals surface area contributed by atoms with Crippen LogP contribution in [0.5, 0.6) is 5.75 Å². The summed E-state index contributed by atoms with van der Waals surface area (Å²) in [4.78, 5) is 12.1. The number of carbonyl (C=O) groups is 1. The number of para-hydroxylation sites is 1. The fourth-order valence-corrected chi connectivity index (χ4v) is 1.79. The zero-order chi connectivity index (χ0) is 15.2. The van der Waals surface area contributed by atoms with Crippen LogP contribution in [0.1, 0.15) is 35.7 Å². The van der Waals surface area contributed by atoms with Crippen molar-refractivity contribution in [1.82, 2.24) is 10.5 Å². The van der Waals surface area contributed by atoms with Crippen molar-refractivity contribution >= 4 is 5.91 Å². The summed E-state index contributed by atoms with van der Waals surface area (Å²) in [5.41, 5.74) is 0.976. The molecule has 0 bridgehead atoms. The first kappa shape index (κ1) is 15.1. The number of amides is 1. The zero-order valence-electron chi connectivity index (χ0n) is 12.6. The first-order valence-electron chi connectivity index (χ1n) is 6.99. The highest BCUT2D eigenvalue weighted by molar-refractivity contribution is 5.93. The van der Waals surface area contributed by atoms with Crippen molar-refractivity contribution in [1.29, 1.82) is 0 Å². The first-order chi connectivity index (χ1) is 10.1. The standard InChI is InChI=1S/C16H20N2O3/c1-11(2)9-17-16(19)15-14(12(3)21-18-15)10-20-13-7-5-4-6-8-13/h4-8,11H,9-10H2,1-3H3,(H,17,19). The van der Waals surface area contributed by atoms with E-state index in [0.29, 0.717) is 29.5 Å². The summed E-state index contributed by atoms with van der Waals surface area (Å²) in [6, 6.07) is 9.43. The molecule has 0 aliphatic heterocycles. The Morgan fingerprint density at radius 1 is 1.33 bits per heavy atom. The lowest BCUT2D eigenvalue weighted by atomic mass is 10.2. The average Bonchev–Trinajstić information content (AvgIpc) is 2.85. The monoisotopic (exact) mass is 288 g/mol. The largest absolute Gasteiger partial charge is 0.489 e. The number of hydrogen-bond donors (Lipinski definition) is 1. The van der Waals surface area contributed by atoms with Crippen molar-refractivity contribution in [3.63, 3.8) is 0 Å². The smallest absolute Gasteiger partial charge is 0.273 e. The summed E-state index contributed by atoms with van der Waals surface area (Å²) in [5, 5.41) is 6.67. The molecule has 0 fully saturated rings. The number of ether oxygens (including phenoxy) is 1. The van der Waals surface area contributed by atoms with Crippen molar-refractivity contribution in [3.05, 3.63) is 47.3 Å². The van der Waals surface area contributed by atoms with Gasteiger partial charge in [0.2, 0.25) is 0 Å². The molecule has 1 aromatic carbocycles. The predicted octanol–water partition coefficient (Wildman–Crippen LogP) is 2.95. The molecule has 0 radical (unpaired) electrons. The SMILES string of the molecule is Cc1onc(C(=O)NCC(C)C)c1COc1ccccc1. The summed E-state index contributed by atoms with van der Waals surface area (Å²) in [6.07, 6.45) is 0. The summed E-state index contributed by atoms with van der Waals surface area (Å²) in [7, 11) is 0. The van der Waals surface area contributed by atoms with Crippen LogP contribution in [0.4, 0.5) is 0 Å². The van der Waals surface area contributed by atoms with Gasteiger partial charge in [-0.2, -0.15) is 0 Å². The molecule has 1 N–H and O–H groups in total. The van der Waals surface area contributed by atoms with E-state index in [2.05, 4.69) is 10.5 Å². The minimum Gasteiger partial charge on any atom is -0.489 e. The molecule has 0 aliphatic rings. The maximum absolute atomic E-state index is 12.1. The molecule has 5 heteroatoms. The van der Waals surface area contributed by atoms with Crippen LogP contribution in [-0.4, -0.2) is 17.6 Å². The number of aryl methyl sites for hydroxylation is 1. The molecule has 0 spiro atoms. The van der Waals surface area contributed by atoms with Crippen molar-refractivity contribution in [3.8, 4) is 5.75 Å². The summed E-state index contributed by atoms with van der Waals surface area (Å²) in [5.74, 6) is 1.49. The van der Waals surface area contributed by atoms with Crippen LogP contribution in [0.3, 0.4) is 0 Å². The van der Waals surface area contributed by atoms with Gasteiger partial charge in [-0.25, -0.2) is 0 Å². The summed E-state index contributed by atoms with van der Waals surface area (Å²) in [6.45, 7) is 6.70. The Bertz CT molecular complexity index is 591. The van der Waals surface area contributed by atoms with Gasteiger partial charge >= 0.3 is 0 Å². The molecule has 1 aromatic heterocycles. The normalized spacial score (nSPS) is 10.7. The quantitative estimate of drug-likeness (QED) is 0.887. The number of aromatic nitrogens is 1. The van der Waals surface area contributed by atoms with E-state index in [-0.39, 0.29) is 12.5 Å². The summed E-state index contributed by atoms with van der Waals surface area (Å²) < 4.78 is 10.8. The third-order valence-corrected chi connectivity index (χ3v) is 3.00. The van der Waals surface area contributed by atoms with E-state index in [9.17, 15) is 4.79 Å². The first-order valence-corrected chi connectivity index (χ1v) is 6.99. The Labute approximate surface area is 124 Å². The highest BCUT2D eigenvalue weighted by Crippen LogP contribution is 2.17. The van der Waals surface area contributed by atoms with Crippen molar-refractivity contribution in [2.24, 2.45) is 5.92 Å². The fourth-order valence-electron chi connectivity index (χ4n) is 1.79. The lowest BCUT2D eigenvalue weighted by molar-refractivity contribution is 0.0937. The van der Waals surface area contributed by atoms with Gasteiger partial charge in [0, 0.05) is 6.54 Å². The summed E-state index contributed by atoms with van der Waals surface area (Å²) >= 11 is 0. The molecule has 2 aromatic rings. The number of carbonyl (C=O) groups excluding carboxylic acids is 1. The number of nitrogens with zero attached hydrogens (tertiary/aromatic N) is 1. The van der Waals surface area contributed by atoms with E-state index in [0.717, 1.165) is 5.75 Å². The maximum Gasteiger partial charge on any atom is 0.273 e. The molecule has 0 saturated heterocycles. The highest BCUT2D eigenvalue weighted by Gasteiger charge is 2.20. The molecule has 0 unspecified atom stereocenters. The van der Waals surface area contributed by atoms with E-state index < -0.39 is 0 Å². The molecule has 2 rings (SSSR count). The second-order valence-electron chi connectivity index (χ2n) is 5.27. The molecule has 0 saturated carbocycles. The van der Waals surface area contributed by atoms with Crippen LogP contribution in [0.15, 0.2) is 34.9 Å². The van der Waals surface area contributed by atoms with Crippen molar-refractivity contribution in [2.45, 2.75) is 27.4 Å². The van der Waals surface area contributed by atoms with Crippen molar-refractivity contribution in [2.75, 3.05) is 6.54 Å². The van der Waals surface area contributed by atoms with Crippen LogP contribution in [0, 0.1) is 12.8 Å². The Morgan fingerprint density at radius 3 is 2.71 bits per heavy atom. The van der Waals surface area contributed by atoms with Crippen molar-refractivity contribution < 1.29 is 14.1 Å². The fraction of sp³-hybridized carbons (Fsp3) is 0.375. The lowest BCUT2D eigenvalue weighted by Crippen LogP contribution is -2.28. The van der Waals surface area contributed by atoms with Gasteiger partial charge in [-0.15, -0.1) is 0 Å². The second-order valence-corrected chi connectivity index (χ2v) is 5.27. The lowest BCUT2D eigenvalue weighted by Gasteiger charge is -2.08. The highest BCUT2D eigenvalue weighted by atomic mass is 16.5. The third kappa shape index (κ3) is 4.08. The molecule has 1 heterocycles. The molecule has 1 amide bonds. The van der Waals surface area contributed by atoms with Gasteiger partial charge < -0.3 is 14.6 Å². The topological polar surface area (TPSA) is 64.4 Å². The molecule has 0 aliphatic carbocycles. The van der Waals surface area contributed by atoms with E-state index >= 15 is 0 Å². The van der Waals surface area contributed by atoms with Gasteiger partial charge in [0.05, 0.1) is 5.56 Å². The van der Waals surface area contributed by atoms with Crippen LogP contribution < -0.4 is 10.1 Å². The van der Waals surface area contributed by atoms with Gasteiger partial charge in [0.1, 0.15) is 18.1 Å². The average molecular weight is 288 g/mol. The number of rotatable bonds is 6. The maximum atomic E-state index is 12.1. The van der Waals surface area contributed by atoms with Gasteiger partial charge in [0.25, 0.3) is 5.91 Å². The Hall–Kier alpha value is -2.30. The van der Waals surface area contributed by atoms with Crippen LogP contribution in [-0.2, 0) is 6.61 Å². The van der Waals surface area contributed by atoms with E-state index in [1.165, 1.54) is 0 Å². The van der Waals surface area contributed by atoms with E-state index in [1.807, 2.05) is 44.2 Å². The molecule has 5 nitrogen and oxygen atoms in total. The van der Waals surface area contributed by atoms with Gasteiger partial charge in [-0.3, -0.25) is 4.79 Å². The molecule has 112 valence electrons. The van der Waals surface area contributed by atoms with E-state index in [1.54, 1.807) is 6.92 Å². The number of nitrogens with one attached hydrogen (secondary N) is 1. The van der Waals surface area contributed by atoms with E-state index in [4.69, 9.17) is 9.26 Å². The van der Waals surface area contributed by atoms with Gasteiger partial charge in [-0.1, -0.05) is 37.2 Å². The van der Waals surface area contributed by atoms with Crippen LogP contribution in [0.25, 0.3) is 0 Å². The number of hydrogen-bond acceptors (Lipinski definition) is 4. The minimum atomic E-state index is -0.229. The zero-order valence-corrected chi connectivity index (χ0v) is 12.6.